The maximum Gasteiger partial charge on any atom is 0.226 e. The molecule has 1 amide bonds. The van der Waals surface area contributed by atoms with Gasteiger partial charge in [-0.05, 0) is 49.4 Å². The van der Waals surface area contributed by atoms with Gasteiger partial charge < -0.3 is 15.4 Å². The Hall–Kier alpha value is -2.20. The lowest BCUT2D eigenvalue weighted by atomic mass is 10.3. The quantitative estimate of drug-likeness (QED) is 0.805. The Labute approximate surface area is 135 Å². The summed E-state index contributed by atoms with van der Waals surface area (Å²) in [7, 11) is 0. The molecule has 0 bridgehead atoms. The third kappa shape index (κ3) is 5.30. The molecule has 0 saturated heterocycles. The monoisotopic (exact) mass is 318 g/mol. The van der Waals surface area contributed by atoms with E-state index in [1.807, 2.05) is 37.3 Å². The molecule has 0 aliphatic rings. The van der Waals surface area contributed by atoms with Crippen LogP contribution in [0.5, 0.6) is 5.75 Å². The van der Waals surface area contributed by atoms with E-state index in [0.717, 1.165) is 11.4 Å². The minimum absolute atomic E-state index is 0.0549. The highest BCUT2D eigenvalue weighted by Crippen LogP contribution is 2.16. The fourth-order valence-corrected chi connectivity index (χ4v) is 2.14. The first kappa shape index (κ1) is 16.2. The van der Waals surface area contributed by atoms with E-state index >= 15 is 0 Å². The van der Waals surface area contributed by atoms with Crippen LogP contribution in [-0.2, 0) is 4.79 Å². The summed E-state index contributed by atoms with van der Waals surface area (Å²) in [6.07, 6.45) is 0.375. The van der Waals surface area contributed by atoms with E-state index in [0.29, 0.717) is 30.3 Å². The minimum Gasteiger partial charge on any atom is -0.494 e. The van der Waals surface area contributed by atoms with Crippen LogP contribution in [0.4, 0.5) is 11.4 Å². The van der Waals surface area contributed by atoms with E-state index in [9.17, 15) is 4.79 Å². The highest BCUT2D eigenvalue weighted by Gasteiger charge is 2.03. The first-order valence-corrected chi connectivity index (χ1v) is 7.57. The van der Waals surface area contributed by atoms with Crippen LogP contribution in [0.15, 0.2) is 48.5 Å². The van der Waals surface area contributed by atoms with E-state index in [4.69, 9.17) is 16.3 Å². The molecule has 0 spiro atoms. The topological polar surface area (TPSA) is 50.4 Å². The molecule has 0 aliphatic carbocycles. The summed E-state index contributed by atoms with van der Waals surface area (Å²) in [5.74, 6) is 0.785. The van der Waals surface area contributed by atoms with Crippen LogP contribution in [0.2, 0.25) is 5.02 Å². The first-order chi connectivity index (χ1) is 10.7. The lowest BCUT2D eigenvalue weighted by Gasteiger charge is -2.09. The number of carbonyl (C=O) groups excluding carboxylic acids is 1. The van der Waals surface area contributed by atoms with Gasteiger partial charge in [0.25, 0.3) is 0 Å². The summed E-state index contributed by atoms with van der Waals surface area (Å²) >= 11 is 5.87. The highest BCUT2D eigenvalue weighted by atomic mass is 35.5. The minimum atomic E-state index is -0.0549. The number of nitrogens with one attached hydrogen (secondary N) is 2. The van der Waals surface area contributed by atoms with Crippen molar-refractivity contribution in [2.45, 2.75) is 13.3 Å². The summed E-state index contributed by atoms with van der Waals surface area (Å²) < 4.78 is 5.38. The van der Waals surface area contributed by atoms with Crippen LogP contribution >= 0.6 is 11.6 Å². The molecule has 2 rings (SSSR count). The zero-order valence-corrected chi connectivity index (χ0v) is 13.2. The molecular formula is C17H19ClN2O2. The number of hydrogen-bond acceptors (Lipinski definition) is 3. The lowest BCUT2D eigenvalue weighted by molar-refractivity contribution is -0.115. The van der Waals surface area contributed by atoms with Crippen molar-refractivity contribution in [3.05, 3.63) is 53.6 Å². The smallest absolute Gasteiger partial charge is 0.226 e. The normalized spacial score (nSPS) is 10.1. The maximum atomic E-state index is 11.8. The Morgan fingerprint density at radius 3 is 2.59 bits per heavy atom. The van der Waals surface area contributed by atoms with Crippen LogP contribution in [-0.4, -0.2) is 19.1 Å². The average molecular weight is 319 g/mol. The molecule has 0 unspecified atom stereocenters. The van der Waals surface area contributed by atoms with Crippen LogP contribution < -0.4 is 15.4 Å². The molecule has 0 atom stereocenters. The average Bonchev–Trinajstić information content (AvgIpc) is 2.49. The van der Waals surface area contributed by atoms with Gasteiger partial charge in [-0.25, -0.2) is 0 Å². The number of amides is 1. The van der Waals surface area contributed by atoms with E-state index < -0.39 is 0 Å². The molecule has 4 nitrogen and oxygen atoms in total. The van der Waals surface area contributed by atoms with Gasteiger partial charge in [0.05, 0.1) is 6.61 Å². The number of rotatable bonds is 7. The number of ether oxygens (including phenoxy) is 1. The Balaban J connectivity index is 1.74. The molecule has 2 N–H and O–H groups in total. The van der Waals surface area contributed by atoms with Crippen molar-refractivity contribution in [1.29, 1.82) is 0 Å². The van der Waals surface area contributed by atoms with Crippen molar-refractivity contribution in [1.82, 2.24) is 0 Å². The molecule has 0 aliphatic heterocycles. The van der Waals surface area contributed by atoms with Crippen LogP contribution in [0, 0.1) is 0 Å². The Morgan fingerprint density at radius 2 is 1.91 bits per heavy atom. The van der Waals surface area contributed by atoms with Gasteiger partial charge in [-0.1, -0.05) is 17.7 Å². The number of halogens is 1. The Morgan fingerprint density at radius 1 is 1.14 bits per heavy atom. The number of anilines is 2. The van der Waals surface area contributed by atoms with Crippen molar-refractivity contribution < 1.29 is 9.53 Å². The van der Waals surface area contributed by atoms with Gasteiger partial charge in [0.2, 0.25) is 5.91 Å². The fraction of sp³-hybridized carbons (Fsp3) is 0.235. The molecule has 2 aromatic carbocycles. The molecule has 0 aromatic heterocycles. The second kappa shape index (κ2) is 8.29. The SMILES string of the molecule is CCOc1ccc(NCCC(=O)Nc2cccc(Cl)c2)cc1. The maximum absolute atomic E-state index is 11.8. The molecule has 5 heteroatoms. The number of benzene rings is 2. The second-order valence-electron chi connectivity index (χ2n) is 4.69. The van der Waals surface area contributed by atoms with Crippen LogP contribution in [0.3, 0.4) is 0 Å². The van der Waals surface area contributed by atoms with Gasteiger partial charge in [-0.3, -0.25) is 4.79 Å². The fourth-order valence-electron chi connectivity index (χ4n) is 1.95. The summed E-state index contributed by atoms with van der Waals surface area (Å²) in [4.78, 5) is 11.8. The van der Waals surface area contributed by atoms with E-state index in [-0.39, 0.29) is 5.91 Å². The van der Waals surface area contributed by atoms with Gasteiger partial charge >= 0.3 is 0 Å². The van der Waals surface area contributed by atoms with Crippen molar-refractivity contribution >= 4 is 28.9 Å². The predicted octanol–water partition coefficient (Wildman–Crippen LogP) is 4.18. The van der Waals surface area contributed by atoms with E-state index in [1.165, 1.54) is 0 Å². The third-order valence-electron chi connectivity index (χ3n) is 2.95. The summed E-state index contributed by atoms with van der Waals surface area (Å²) in [6.45, 7) is 3.15. The van der Waals surface area contributed by atoms with Gasteiger partial charge in [0, 0.05) is 29.4 Å². The van der Waals surface area contributed by atoms with Crippen molar-refractivity contribution in [3.63, 3.8) is 0 Å². The number of hydrogen-bond donors (Lipinski definition) is 2. The van der Waals surface area contributed by atoms with Crippen molar-refractivity contribution in [2.24, 2.45) is 0 Å². The summed E-state index contributed by atoms with van der Waals surface area (Å²) in [6, 6.07) is 14.8. The molecule has 0 fully saturated rings. The lowest BCUT2D eigenvalue weighted by Crippen LogP contribution is -2.16. The standard InChI is InChI=1S/C17H19ClN2O2/c1-2-22-16-8-6-14(7-9-16)19-11-10-17(21)20-15-5-3-4-13(18)12-15/h3-9,12,19H,2,10-11H2,1H3,(H,20,21). The van der Waals surface area contributed by atoms with Crippen molar-refractivity contribution in [2.75, 3.05) is 23.8 Å². The van der Waals surface area contributed by atoms with E-state index in [1.54, 1.807) is 18.2 Å². The molecule has 22 heavy (non-hydrogen) atoms. The van der Waals surface area contributed by atoms with Crippen molar-refractivity contribution in [3.8, 4) is 5.75 Å². The summed E-state index contributed by atoms with van der Waals surface area (Å²) in [5.41, 5.74) is 1.66. The second-order valence-corrected chi connectivity index (χ2v) is 5.13. The zero-order chi connectivity index (χ0) is 15.8. The molecule has 116 valence electrons. The molecular weight excluding hydrogens is 300 g/mol. The number of carbonyl (C=O) groups is 1. The van der Waals surface area contributed by atoms with Gasteiger partial charge in [-0.15, -0.1) is 0 Å². The molecule has 0 radical (unpaired) electrons. The summed E-state index contributed by atoms with van der Waals surface area (Å²) in [5, 5.41) is 6.61. The molecule has 0 saturated carbocycles. The largest absolute Gasteiger partial charge is 0.494 e. The van der Waals surface area contributed by atoms with Gasteiger partial charge in [-0.2, -0.15) is 0 Å². The Kier molecular flexibility index (Phi) is 6.10. The predicted molar refractivity (Wildman–Crippen MR) is 90.8 cm³/mol. The zero-order valence-electron chi connectivity index (χ0n) is 12.4. The molecule has 2 aromatic rings. The van der Waals surface area contributed by atoms with Crippen LogP contribution in [0.25, 0.3) is 0 Å². The highest BCUT2D eigenvalue weighted by molar-refractivity contribution is 6.30. The van der Waals surface area contributed by atoms with Gasteiger partial charge in [0.1, 0.15) is 5.75 Å². The third-order valence-corrected chi connectivity index (χ3v) is 3.19. The first-order valence-electron chi connectivity index (χ1n) is 7.19. The van der Waals surface area contributed by atoms with Crippen LogP contribution in [0.1, 0.15) is 13.3 Å². The molecule has 0 heterocycles. The Bertz CT molecular complexity index is 614. The van der Waals surface area contributed by atoms with E-state index in [2.05, 4.69) is 10.6 Å². The van der Waals surface area contributed by atoms with Gasteiger partial charge in [0.15, 0.2) is 0 Å².